The van der Waals surface area contributed by atoms with E-state index in [1.54, 1.807) is 10.9 Å². The first kappa shape index (κ1) is 16.8. The molecule has 0 spiro atoms. The highest BCUT2D eigenvalue weighted by atomic mass is 16.5. The summed E-state index contributed by atoms with van der Waals surface area (Å²) in [5.41, 5.74) is 2.92. The van der Waals surface area contributed by atoms with Gasteiger partial charge < -0.3 is 10.1 Å². The average Bonchev–Trinajstić information content (AvgIpc) is 3.12. The van der Waals surface area contributed by atoms with E-state index in [0.717, 1.165) is 22.6 Å². The number of nitrogens with one attached hydrogen (secondary N) is 1. The number of nitrogens with zero attached hydrogens (tertiary/aromatic N) is 2. The van der Waals surface area contributed by atoms with E-state index in [0.29, 0.717) is 19.6 Å². The van der Waals surface area contributed by atoms with Crippen molar-refractivity contribution >= 4 is 5.91 Å². The highest BCUT2D eigenvalue weighted by Gasteiger charge is 2.06. The van der Waals surface area contributed by atoms with E-state index >= 15 is 0 Å². The molecule has 0 saturated heterocycles. The number of hydrogen-bond donors (Lipinski definition) is 1. The molecule has 0 fully saturated rings. The first-order valence-corrected chi connectivity index (χ1v) is 8.32. The van der Waals surface area contributed by atoms with E-state index in [-0.39, 0.29) is 5.91 Å². The zero-order valence-electron chi connectivity index (χ0n) is 14.2. The fourth-order valence-corrected chi connectivity index (χ4v) is 2.49. The van der Waals surface area contributed by atoms with Gasteiger partial charge in [-0.3, -0.25) is 4.79 Å². The molecule has 5 nitrogen and oxygen atoms in total. The quantitative estimate of drug-likeness (QED) is 0.722. The lowest BCUT2D eigenvalue weighted by Crippen LogP contribution is -2.24. The Labute approximate surface area is 147 Å². The number of hydrogen-bond acceptors (Lipinski definition) is 3. The summed E-state index contributed by atoms with van der Waals surface area (Å²) >= 11 is 0. The van der Waals surface area contributed by atoms with Crippen LogP contribution in [0, 0.1) is 0 Å². The predicted octanol–water partition coefficient (Wildman–Crippen LogP) is 3.13. The van der Waals surface area contributed by atoms with Gasteiger partial charge in [0.2, 0.25) is 5.91 Å². The van der Waals surface area contributed by atoms with Crippen molar-refractivity contribution in [2.45, 2.75) is 19.9 Å². The molecule has 1 N–H and O–H groups in total. The molecule has 3 aromatic rings. The van der Waals surface area contributed by atoms with Crippen molar-refractivity contribution in [1.29, 1.82) is 0 Å². The van der Waals surface area contributed by atoms with E-state index in [9.17, 15) is 4.79 Å². The first-order chi connectivity index (χ1) is 12.2. The number of rotatable bonds is 7. The third-order valence-electron chi connectivity index (χ3n) is 3.75. The van der Waals surface area contributed by atoms with Crippen LogP contribution in [0.5, 0.6) is 5.75 Å². The Morgan fingerprint density at radius 1 is 1.08 bits per heavy atom. The van der Waals surface area contributed by atoms with E-state index < -0.39 is 0 Å². The highest BCUT2D eigenvalue weighted by Crippen LogP contribution is 2.12. The number of carbonyl (C=O) groups is 1. The molecule has 0 aliphatic carbocycles. The molecule has 0 atom stereocenters. The molecule has 0 radical (unpaired) electrons. The monoisotopic (exact) mass is 335 g/mol. The van der Waals surface area contributed by atoms with Gasteiger partial charge in [-0.1, -0.05) is 30.3 Å². The van der Waals surface area contributed by atoms with Crippen molar-refractivity contribution < 1.29 is 9.53 Å². The second-order valence-corrected chi connectivity index (χ2v) is 5.66. The second kappa shape index (κ2) is 8.15. The second-order valence-electron chi connectivity index (χ2n) is 5.66. The fraction of sp³-hybridized carbons (Fsp3) is 0.200. The molecular formula is C20H21N3O2. The van der Waals surface area contributed by atoms with Crippen LogP contribution in [0.25, 0.3) is 5.69 Å². The molecule has 0 aliphatic rings. The minimum Gasteiger partial charge on any atom is -0.494 e. The molecule has 0 saturated carbocycles. The summed E-state index contributed by atoms with van der Waals surface area (Å²) in [5.74, 6) is 0.802. The summed E-state index contributed by atoms with van der Waals surface area (Å²) in [6, 6.07) is 17.5. The smallest absolute Gasteiger partial charge is 0.224 e. The Hall–Kier alpha value is -3.08. The summed E-state index contributed by atoms with van der Waals surface area (Å²) in [4.78, 5) is 12.1. The molecule has 0 unspecified atom stereocenters. The molecule has 0 aliphatic heterocycles. The van der Waals surface area contributed by atoms with Gasteiger partial charge in [0.05, 0.1) is 24.9 Å². The van der Waals surface area contributed by atoms with E-state index in [1.165, 1.54) is 0 Å². The summed E-state index contributed by atoms with van der Waals surface area (Å²) < 4.78 is 7.20. The Bertz CT molecular complexity index is 810. The summed E-state index contributed by atoms with van der Waals surface area (Å²) in [6.07, 6.45) is 4.04. The lowest BCUT2D eigenvalue weighted by atomic mass is 10.1. The lowest BCUT2D eigenvalue weighted by molar-refractivity contribution is -0.120. The maximum absolute atomic E-state index is 12.1. The topological polar surface area (TPSA) is 56.1 Å². The maximum Gasteiger partial charge on any atom is 0.224 e. The molecule has 5 heteroatoms. The van der Waals surface area contributed by atoms with Crippen LogP contribution in [-0.4, -0.2) is 22.3 Å². The molecular weight excluding hydrogens is 314 g/mol. The zero-order chi connectivity index (χ0) is 17.5. The molecule has 3 rings (SSSR count). The maximum atomic E-state index is 12.1. The van der Waals surface area contributed by atoms with E-state index in [1.807, 2.05) is 67.7 Å². The average molecular weight is 335 g/mol. The molecule has 128 valence electrons. The zero-order valence-corrected chi connectivity index (χ0v) is 14.2. The molecule has 2 aromatic carbocycles. The third kappa shape index (κ3) is 4.70. The summed E-state index contributed by atoms with van der Waals surface area (Å²) in [6.45, 7) is 3.04. The van der Waals surface area contributed by atoms with Gasteiger partial charge in [0.25, 0.3) is 0 Å². The minimum absolute atomic E-state index is 0.0170. The Balaban J connectivity index is 1.51. The van der Waals surface area contributed by atoms with Crippen LogP contribution in [0.2, 0.25) is 0 Å². The fourth-order valence-electron chi connectivity index (χ4n) is 2.49. The third-order valence-corrected chi connectivity index (χ3v) is 3.75. The van der Waals surface area contributed by atoms with Gasteiger partial charge in [0.1, 0.15) is 5.75 Å². The number of ether oxygens (including phenoxy) is 1. The molecule has 0 bridgehead atoms. The SMILES string of the molecule is CCOc1ccc(CC(=O)NCc2cnn(-c3ccccc3)c2)cc1. The minimum atomic E-state index is -0.0170. The lowest BCUT2D eigenvalue weighted by Gasteiger charge is -2.06. The van der Waals surface area contributed by atoms with Crippen LogP contribution >= 0.6 is 0 Å². The van der Waals surface area contributed by atoms with Crippen LogP contribution in [-0.2, 0) is 17.8 Å². The number of carbonyl (C=O) groups excluding carboxylic acids is 1. The van der Waals surface area contributed by atoms with Crippen molar-refractivity contribution in [3.8, 4) is 11.4 Å². The first-order valence-electron chi connectivity index (χ1n) is 8.32. The summed E-state index contributed by atoms with van der Waals surface area (Å²) in [7, 11) is 0. The van der Waals surface area contributed by atoms with Gasteiger partial charge >= 0.3 is 0 Å². The number of para-hydroxylation sites is 1. The van der Waals surface area contributed by atoms with Gasteiger partial charge in [0, 0.05) is 18.3 Å². The van der Waals surface area contributed by atoms with Gasteiger partial charge in [-0.05, 0) is 36.8 Å². The highest BCUT2D eigenvalue weighted by molar-refractivity contribution is 5.78. The van der Waals surface area contributed by atoms with Crippen LogP contribution in [0.15, 0.2) is 67.0 Å². The molecule has 1 aromatic heterocycles. The van der Waals surface area contributed by atoms with Crippen LogP contribution in [0.3, 0.4) is 0 Å². The van der Waals surface area contributed by atoms with Crippen LogP contribution in [0.1, 0.15) is 18.1 Å². The van der Waals surface area contributed by atoms with Gasteiger partial charge in [0.15, 0.2) is 0 Å². The van der Waals surface area contributed by atoms with Crippen molar-refractivity contribution in [3.05, 3.63) is 78.1 Å². The largest absolute Gasteiger partial charge is 0.494 e. The van der Waals surface area contributed by atoms with E-state index in [2.05, 4.69) is 10.4 Å². The van der Waals surface area contributed by atoms with Gasteiger partial charge in [-0.25, -0.2) is 4.68 Å². The Morgan fingerprint density at radius 3 is 2.56 bits per heavy atom. The van der Waals surface area contributed by atoms with Crippen molar-refractivity contribution in [2.24, 2.45) is 0 Å². The number of benzene rings is 2. The molecule has 25 heavy (non-hydrogen) atoms. The number of aromatic nitrogens is 2. The Kier molecular flexibility index (Phi) is 5.46. The molecule has 1 heterocycles. The van der Waals surface area contributed by atoms with Gasteiger partial charge in [-0.15, -0.1) is 0 Å². The molecule has 1 amide bonds. The normalized spacial score (nSPS) is 10.4. The predicted molar refractivity (Wildman–Crippen MR) is 96.7 cm³/mol. The van der Waals surface area contributed by atoms with Crippen LogP contribution in [0.4, 0.5) is 0 Å². The standard InChI is InChI=1S/C20H21N3O2/c1-2-25-19-10-8-16(9-11-19)12-20(24)21-13-17-14-22-23(15-17)18-6-4-3-5-7-18/h3-11,14-15H,2,12-13H2,1H3,(H,21,24). The van der Waals surface area contributed by atoms with Crippen molar-refractivity contribution in [2.75, 3.05) is 6.61 Å². The van der Waals surface area contributed by atoms with Crippen molar-refractivity contribution in [3.63, 3.8) is 0 Å². The van der Waals surface area contributed by atoms with Gasteiger partial charge in [-0.2, -0.15) is 5.10 Å². The summed E-state index contributed by atoms with van der Waals surface area (Å²) in [5, 5.41) is 7.26. The number of amides is 1. The van der Waals surface area contributed by atoms with E-state index in [4.69, 9.17) is 4.74 Å². The van der Waals surface area contributed by atoms with Crippen molar-refractivity contribution in [1.82, 2.24) is 15.1 Å². The van der Waals surface area contributed by atoms with Crippen LogP contribution < -0.4 is 10.1 Å². The Morgan fingerprint density at radius 2 is 1.84 bits per heavy atom.